The topological polar surface area (TPSA) is 66.0 Å². The van der Waals surface area contributed by atoms with Crippen molar-refractivity contribution in [1.29, 1.82) is 0 Å². The number of quaternary nitrogens is 1. The monoisotopic (exact) mass is 262 g/mol. The predicted octanol–water partition coefficient (Wildman–Crippen LogP) is 0.334. The minimum absolute atomic E-state index is 0.00672. The molecule has 5 heteroatoms. The third kappa shape index (κ3) is 3.32. The zero-order chi connectivity index (χ0) is 14.0. The molecule has 2 amide bonds. The van der Waals surface area contributed by atoms with Crippen molar-refractivity contribution < 1.29 is 14.9 Å². The lowest BCUT2D eigenvalue weighted by Crippen LogP contribution is -2.96. The smallest absolute Gasteiger partial charge is 0.282 e. The summed E-state index contributed by atoms with van der Waals surface area (Å²) < 4.78 is 0. The van der Waals surface area contributed by atoms with Gasteiger partial charge in [0.05, 0.1) is 16.9 Å². The van der Waals surface area contributed by atoms with Crippen LogP contribution in [0.25, 0.3) is 0 Å². The second-order valence-corrected chi connectivity index (χ2v) is 5.82. The van der Waals surface area contributed by atoms with E-state index in [1.54, 1.807) is 11.0 Å². The summed E-state index contributed by atoms with van der Waals surface area (Å²) in [6.07, 6.45) is 0. The molecular weight excluding hydrogens is 242 g/mol. The first kappa shape index (κ1) is 13.5. The van der Waals surface area contributed by atoms with Gasteiger partial charge in [-0.15, -0.1) is 0 Å². The molecule has 0 saturated heterocycles. The van der Waals surface area contributed by atoms with Crippen LogP contribution in [0.4, 0.5) is 11.4 Å². The Morgan fingerprint density at radius 2 is 2.05 bits per heavy atom. The van der Waals surface area contributed by atoms with Gasteiger partial charge in [-0.05, 0) is 32.9 Å². The van der Waals surface area contributed by atoms with Crippen molar-refractivity contribution in [3.63, 3.8) is 0 Å². The number of para-hydroxylation sites is 2. The molecule has 1 aromatic rings. The molecular formula is C14H20N3O2+. The Hall–Kier alpha value is -1.88. The molecule has 1 aliphatic rings. The number of nitrogens with one attached hydrogen (secondary N) is 1. The highest BCUT2D eigenvalue weighted by atomic mass is 16.2. The fraction of sp³-hybridized carbons (Fsp3) is 0.429. The summed E-state index contributed by atoms with van der Waals surface area (Å²) in [5.41, 5.74) is 1.46. The third-order valence-electron chi connectivity index (χ3n) is 2.96. The van der Waals surface area contributed by atoms with Crippen molar-refractivity contribution in [2.45, 2.75) is 26.3 Å². The van der Waals surface area contributed by atoms with Gasteiger partial charge in [-0.1, -0.05) is 12.1 Å². The molecule has 0 fully saturated rings. The molecule has 0 radical (unpaired) electrons. The van der Waals surface area contributed by atoms with Crippen molar-refractivity contribution in [3.8, 4) is 0 Å². The number of hydrogen-bond donors (Lipinski definition) is 2. The van der Waals surface area contributed by atoms with E-state index in [0.717, 1.165) is 5.69 Å². The maximum Gasteiger partial charge on any atom is 0.282 e. The number of anilines is 2. The van der Waals surface area contributed by atoms with E-state index < -0.39 is 0 Å². The lowest BCUT2D eigenvalue weighted by atomic mass is 10.1. The van der Waals surface area contributed by atoms with Crippen LogP contribution in [-0.2, 0) is 9.59 Å². The average molecular weight is 262 g/mol. The summed E-state index contributed by atoms with van der Waals surface area (Å²) in [6.45, 7) is 6.59. The van der Waals surface area contributed by atoms with Crippen LogP contribution in [-0.4, -0.2) is 30.4 Å². The highest BCUT2D eigenvalue weighted by molar-refractivity contribution is 6.10. The van der Waals surface area contributed by atoms with Gasteiger partial charge in [0.25, 0.3) is 5.91 Å². The van der Waals surface area contributed by atoms with Gasteiger partial charge in [-0.25, -0.2) is 0 Å². The van der Waals surface area contributed by atoms with Crippen LogP contribution in [0.5, 0.6) is 0 Å². The second kappa shape index (κ2) is 5.01. The molecule has 2 rings (SSSR count). The molecule has 0 bridgehead atoms. The lowest BCUT2D eigenvalue weighted by Gasteiger charge is -2.29. The van der Waals surface area contributed by atoms with E-state index in [9.17, 15) is 9.59 Å². The molecule has 1 heterocycles. The van der Waals surface area contributed by atoms with Crippen LogP contribution in [0.3, 0.4) is 0 Å². The fourth-order valence-corrected chi connectivity index (χ4v) is 1.96. The zero-order valence-corrected chi connectivity index (χ0v) is 11.6. The van der Waals surface area contributed by atoms with E-state index in [2.05, 4.69) is 26.1 Å². The molecule has 0 saturated carbocycles. The van der Waals surface area contributed by atoms with E-state index in [1.165, 1.54) is 0 Å². The quantitative estimate of drug-likeness (QED) is 0.807. The number of hydrogen-bond acceptors (Lipinski definition) is 2. The molecule has 0 unspecified atom stereocenters. The van der Waals surface area contributed by atoms with E-state index in [1.807, 2.05) is 23.5 Å². The van der Waals surface area contributed by atoms with Crippen LogP contribution < -0.4 is 15.5 Å². The summed E-state index contributed by atoms with van der Waals surface area (Å²) in [5.74, 6) is -0.194. The normalized spacial score (nSPS) is 14.9. The Morgan fingerprint density at radius 3 is 2.74 bits per heavy atom. The Balaban J connectivity index is 2.16. The number of carbonyl (C=O) groups excluding carboxylic acids is 2. The van der Waals surface area contributed by atoms with Gasteiger partial charge in [0.15, 0.2) is 6.54 Å². The van der Waals surface area contributed by atoms with Gasteiger partial charge in [0.2, 0.25) is 5.91 Å². The lowest BCUT2D eigenvalue weighted by molar-refractivity contribution is -0.707. The Labute approximate surface area is 113 Å². The summed E-state index contributed by atoms with van der Waals surface area (Å²) in [7, 11) is 0. The molecule has 0 atom stereocenters. The summed E-state index contributed by atoms with van der Waals surface area (Å²) in [5, 5.41) is 4.75. The van der Waals surface area contributed by atoms with Crippen molar-refractivity contribution in [1.82, 2.24) is 0 Å². The SMILES string of the molecule is CC(C)(C)[NH2+]CC(=O)N1CC(=O)Nc2ccccc21. The largest absolute Gasteiger partial charge is 0.334 e. The molecule has 3 N–H and O–H groups in total. The van der Waals surface area contributed by atoms with Gasteiger partial charge in [-0.2, -0.15) is 0 Å². The molecule has 102 valence electrons. The predicted molar refractivity (Wildman–Crippen MR) is 74.0 cm³/mol. The van der Waals surface area contributed by atoms with Crippen molar-refractivity contribution in [2.24, 2.45) is 0 Å². The number of rotatable bonds is 2. The molecule has 19 heavy (non-hydrogen) atoms. The molecule has 0 aliphatic carbocycles. The molecule has 0 spiro atoms. The minimum Gasteiger partial charge on any atom is -0.334 e. The number of nitrogens with two attached hydrogens (primary N) is 1. The summed E-state index contributed by atoms with van der Waals surface area (Å²) in [4.78, 5) is 25.4. The summed E-state index contributed by atoms with van der Waals surface area (Å²) >= 11 is 0. The van der Waals surface area contributed by atoms with E-state index in [0.29, 0.717) is 12.2 Å². The highest BCUT2D eigenvalue weighted by Crippen LogP contribution is 2.28. The fourth-order valence-electron chi connectivity index (χ4n) is 1.96. The van der Waals surface area contributed by atoms with Gasteiger partial charge in [-0.3, -0.25) is 14.5 Å². The molecule has 1 aromatic carbocycles. The third-order valence-corrected chi connectivity index (χ3v) is 2.96. The van der Waals surface area contributed by atoms with Crippen molar-refractivity contribution in [3.05, 3.63) is 24.3 Å². The number of benzene rings is 1. The highest BCUT2D eigenvalue weighted by Gasteiger charge is 2.28. The van der Waals surface area contributed by atoms with Gasteiger partial charge in [0, 0.05) is 0 Å². The number of fused-ring (bicyclic) bond motifs is 1. The summed E-state index contributed by atoms with van der Waals surface area (Å²) in [6, 6.07) is 7.36. The van der Waals surface area contributed by atoms with E-state index >= 15 is 0 Å². The first-order valence-electron chi connectivity index (χ1n) is 6.40. The first-order chi connectivity index (χ1) is 8.87. The van der Waals surface area contributed by atoms with Crippen LogP contribution >= 0.6 is 0 Å². The maximum atomic E-state index is 12.3. The Kier molecular flexibility index (Phi) is 3.57. The molecule has 1 aliphatic heterocycles. The van der Waals surface area contributed by atoms with Crippen LogP contribution in [0.2, 0.25) is 0 Å². The van der Waals surface area contributed by atoms with E-state index in [-0.39, 0.29) is 23.9 Å². The second-order valence-electron chi connectivity index (χ2n) is 5.82. The van der Waals surface area contributed by atoms with Crippen LogP contribution in [0, 0.1) is 0 Å². The van der Waals surface area contributed by atoms with Crippen molar-refractivity contribution >= 4 is 23.2 Å². The average Bonchev–Trinajstić information content (AvgIpc) is 2.34. The van der Waals surface area contributed by atoms with Crippen molar-refractivity contribution in [2.75, 3.05) is 23.3 Å². The molecule has 5 nitrogen and oxygen atoms in total. The van der Waals surface area contributed by atoms with E-state index in [4.69, 9.17) is 0 Å². The van der Waals surface area contributed by atoms with Crippen LogP contribution in [0.1, 0.15) is 20.8 Å². The minimum atomic E-state index is -0.150. The Morgan fingerprint density at radius 1 is 1.37 bits per heavy atom. The number of carbonyl (C=O) groups is 2. The standard InChI is InChI=1S/C14H19N3O2/c1-14(2,3)15-8-13(19)17-9-12(18)16-10-6-4-5-7-11(10)17/h4-7,15H,8-9H2,1-3H3,(H,16,18)/p+1. The zero-order valence-electron chi connectivity index (χ0n) is 11.6. The van der Waals surface area contributed by atoms with Gasteiger partial charge < -0.3 is 10.6 Å². The van der Waals surface area contributed by atoms with Crippen LogP contribution in [0.15, 0.2) is 24.3 Å². The maximum absolute atomic E-state index is 12.3. The number of nitrogens with zero attached hydrogens (tertiary/aromatic N) is 1. The Bertz CT molecular complexity index is 506. The van der Waals surface area contributed by atoms with Gasteiger partial charge >= 0.3 is 0 Å². The molecule has 0 aromatic heterocycles. The number of amides is 2. The van der Waals surface area contributed by atoms with Gasteiger partial charge in [0.1, 0.15) is 6.54 Å². The first-order valence-corrected chi connectivity index (χ1v) is 6.40.